The molecule has 1 aromatic carbocycles. The van der Waals surface area contributed by atoms with Crippen molar-refractivity contribution in [3.8, 4) is 0 Å². The van der Waals surface area contributed by atoms with Gasteiger partial charge in [0.2, 0.25) is 5.91 Å². The first-order chi connectivity index (χ1) is 9.63. The summed E-state index contributed by atoms with van der Waals surface area (Å²) in [6.07, 6.45) is 1.65. The average Bonchev–Trinajstić information content (AvgIpc) is 2.46. The van der Waals surface area contributed by atoms with Crippen molar-refractivity contribution in [1.82, 2.24) is 4.90 Å². The lowest BCUT2D eigenvalue weighted by molar-refractivity contribution is -0.131. The van der Waals surface area contributed by atoms with Crippen LogP contribution < -0.4 is 0 Å². The number of carbonyl (C=O) groups is 1. The van der Waals surface area contributed by atoms with Crippen molar-refractivity contribution in [2.45, 2.75) is 26.2 Å². The van der Waals surface area contributed by atoms with Gasteiger partial charge in [0.1, 0.15) is 5.82 Å². The Bertz CT molecular complexity index is 516. The van der Waals surface area contributed by atoms with Crippen LogP contribution in [0.15, 0.2) is 29.4 Å². The van der Waals surface area contributed by atoms with Crippen LogP contribution in [0.5, 0.6) is 0 Å². The van der Waals surface area contributed by atoms with Crippen LogP contribution in [-0.2, 0) is 11.2 Å². The Hall–Kier alpha value is -1.91. The summed E-state index contributed by atoms with van der Waals surface area (Å²) in [6.45, 7) is 3.14. The van der Waals surface area contributed by atoms with Crippen molar-refractivity contribution in [2.24, 2.45) is 11.1 Å². The molecule has 1 heterocycles. The van der Waals surface area contributed by atoms with Crippen LogP contribution in [0.4, 0.5) is 4.39 Å². The fraction of sp³-hybridized carbons (Fsp3) is 0.467. The fourth-order valence-corrected chi connectivity index (χ4v) is 2.57. The molecule has 1 aromatic rings. The molecule has 1 atom stereocenters. The third kappa shape index (κ3) is 3.35. The Morgan fingerprint density at radius 3 is 3.00 bits per heavy atom. The Kier molecular flexibility index (Phi) is 4.71. The summed E-state index contributed by atoms with van der Waals surface area (Å²) in [6, 6.07) is 6.12. The van der Waals surface area contributed by atoms with Gasteiger partial charge in [-0.2, -0.15) is 0 Å². The number of rotatable bonds is 3. The molecular weight excluding hydrogens is 259 g/mol. The third-order valence-electron chi connectivity index (χ3n) is 3.77. The summed E-state index contributed by atoms with van der Waals surface area (Å²) in [4.78, 5) is 14.0. The molecule has 0 bridgehead atoms. The summed E-state index contributed by atoms with van der Waals surface area (Å²) in [7, 11) is 0. The van der Waals surface area contributed by atoms with E-state index < -0.39 is 0 Å². The number of nitrogens with zero attached hydrogens (tertiary/aromatic N) is 2. The predicted octanol–water partition coefficient (Wildman–Crippen LogP) is 2.46. The second-order valence-corrected chi connectivity index (χ2v) is 5.09. The highest BCUT2D eigenvalue weighted by atomic mass is 19.1. The molecule has 1 aliphatic rings. The molecular formula is C15H19FN2O2. The average molecular weight is 278 g/mol. The Labute approximate surface area is 117 Å². The van der Waals surface area contributed by atoms with Gasteiger partial charge in [-0.15, -0.1) is 0 Å². The van der Waals surface area contributed by atoms with E-state index in [2.05, 4.69) is 5.16 Å². The van der Waals surface area contributed by atoms with Gasteiger partial charge in [-0.05, 0) is 24.1 Å². The second-order valence-electron chi connectivity index (χ2n) is 5.09. The number of likely N-dealkylation sites (tertiary alicyclic amines) is 1. The van der Waals surface area contributed by atoms with Crippen molar-refractivity contribution in [1.29, 1.82) is 0 Å². The molecule has 20 heavy (non-hydrogen) atoms. The highest BCUT2D eigenvalue weighted by molar-refractivity contribution is 5.89. The molecule has 108 valence electrons. The first-order valence-electron chi connectivity index (χ1n) is 6.87. The largest absolute Gasteiger partial charge is 0.411 e. The fourth-order valence-electron chi connectivity index (χ4n) is 2.57. The predicted molar refractivity (Wildman–Crippen MR) is 74.3 cm³/mol. The molecule has 0 aliphatic carbocycles. The third-order valence-corrected chi connectivity index (χ3v) is 3.77. The minimum Gasteiger partial charge on any atom is -0.411 e. The molecule has 4 nitrogen and oxygen atoms in total. The van der Waals surface area contributed by atoms with Gasteiger partial charge >= 0.3 is 0 Å². The minimum absolute atomic E-state index is 0.00830. The summed E-state index contributed by atoms with van der Waals surface area (Å²) in [5, 5.41) is 12.2. The minimum atomic E-state index is -0.324. The molecule has 1 N–H and O–H groups in total. The van der Waals surface area contributed by atoms with Gasteiger partial charge in [0.05, 0.1) is 12.1 Å². The van der Waals surface area contributed by atoms with E-state index >= 15 is 0 Å². The van der Waals surface area contributed by atoms with E-state index in [1.807, 2.05) is 6.92 Å². The Morgan fingerprint density at radius 2 is 2.35 bits per heavy atom. The molecule has 1 unspecified atom stereocenters. The summed E-state index contributed by atoms with van der Waals surface area (Å²) < 4.78 is 13.1. The van der Waals surface area contributed by atoms with Crippen molar-refractivity contribution < 1.29 is 14.4 Å². The summed E-state index contributed by atoms with van der Waals surface area (Å²) in [5.41, 5.74) is 1.45. The van der Waals surface area contributed by atoms with E-state index in [9.17, 15) is 9.18 Å². The van der Waals surface area contributed by atoms with Gasteiger partial charge in [-0.25, -0.2) is 4.39 Å². The molecule has 0 aromatic heterocycles. The monoisotopic (exact) mass is 278 g/mol. The van der Waals surface area contributed by atoms with Gasteiger partial charge < -0.3 is 10.1 Å². The SMILES string of the molecule is CCC1CN(C(=O)Cc2cccc(F)c2)CC/C1=N\O. The number of benzene rings is 1. The molecule has 1 saturated heterocycles. The van der Waals surface area contributed by atoms with E-state index in [0.717, 1.165) is 12.1 Å². The molecule has 0 saturated carbocycles. The maximum Gasteiger partial charge on any atom is 0.227 e. The Morgan fingerprint density at radius 1 is 1.55 bits per heavy atom. The van der Waals surface area contributed by atoms with Crippen LogP contribution in [0.2, 0.25) is 0 Å². The number of halogens is 1. The zero-order chi connectivity index (χ0) is 14.5. The molecule has 5 heteroatoms. The van der Waals surface area contributed by atoms with E-state index in [4.69, 9.17) is 5.21 Å². The zero-order valence-electron chi connectivity index (χ0n) is 11.6. The number of hydrogen-bond donors (Lipinski definition) is 1. The van der Waals surface area contributed by atoms with Crippen LogP contribution in [0.3, 0.4) is 0 Å². The second kappa shape index (κ2) is 6.50. The maximum atomic E-state index is 13.1. The normalized spacial score (nSPS) is 21.2. The van der Waals surface area contributed by atoms with Crippen molar-refractivity contribution >= 4 is 11.6 Å². The molecule has 0 radical (unpaired) electrons. The zero-order valence-corrected chi connectivity index (χ0v) is 11.6. The number of oxime groups is 1. The van der Waals surface area contributed by atoms with Crippen LogP contribution >= 0.6 is 0 Å². The number of hydrogen-bond acceptors (Lipinski definition) is 3. The number of amides is 1. The van der Waals surface area contributed by atoms with Crippen molar-refractivity contribution in [3.63, 3.8) is 0 Å². The number of carbonyl (C=O) groups excluding carboxylic acids is 1. The van der Waals surface area contributed by atoms with Crippen molar-refractivity contribution in [3.05, 3.63) is 35.6 Å². The van der Waals surface area contributed by atoms with Gasteiger partial charge in [-0.3, -0.25) is 4.79 Å². The molecule has 0 spiro atoms. The Balaban J connectivity index is 2.00. The first kappa shape index (κ1) is 14.5. The van der Waals surface area contributed by atoms with Crippen LogP contribution in [-0.4, -0.2) is 34.8 Å². The van der Waals surface area contributed by atoms with E-state index in [0.29, 0.717) is 25.1 Å². The van der Waals surface area contributed by atoms with Crippen LogP contribution in [0, 0.1) is 11.7 Å². The van der Waals surface area contributed by atoms with Crippen molar-refractivity contribution in [2.75, 3.05) is 13.1 Å². The van der Waals surface area contributed by atoms with E-state index in [1.54, 1.807) is 17.0 Å². The lowest BCUT2D eigenvalue weighted by atomic mass is 9.93. The lowest BCUT2D eigenvalue weighted by Gasteiger charge is -2.33. The summed E-state index contributed by atoms with van der Waals surface area (Å²) in [5.74, 6) is -0.216. The smallest absolute Gasteiger partial charge is 0.227 e. The van der Waals surface area contributed by atoms with Crippen LogP contribution in [0.1, 0.15) is 25.3 Å². The van der Waals surface area contributed by atoms with E-state index in [1.165, 1.54) is 12.1 Å². The molecule has 2 rings (SSSR count). The lowest BCUT2D eigenvalue weighted by Crippen LogP contribution is -2.44. The van der Waals surface area contributed by atoms with Gasteiger partial charge in [0.15, 0.2) is 0 Å². The summed E-state index contributed by atoms with van der Waals surface area (Å²) >= 11 is 0. The maximum absolute atomic E-state index is 13.1. The quantitative estimate of drug-likeness (QED) is 0.682. The van der Waals surface area contributed by atoms with Gasteiger partial charge in [-0.1, -0.05) is 24.2 Å². The number of piperidine rings is 1. The molecule has 1 fully saturated rings. The topological polar surface area (TPSA) is 52.9 Å². The molecule has 1 amide bonds. The first-order valence-corrected chi connectivity index (χ1v) is 6.87. The van der Waals surface area contributed by atoms with Gasteiger partial charge in [0, 0.05) is 25.4 Å². The van der Waals surface area contributed by atoms with Crippen LogP contribution in [0.25, 0.3) is 0 Å². The highest BCUT2D eigenvalue weighted by Crippen LogP contribution is 2.18. The highest BCUT2D eigenvalue weighted by Gasteiger charge is 2.27. The standard InChI is InChI=1S/C15H19FN2O2/c1-2-12-10-18(7-6-14(12)17-20)15(19)9-11-4-3-5-13(16)8-11/h3-5,8,12,20H,2,6-7,9-10H2,1H3/b17-14+. The molecule has 1 aliphatic heterocycles. The van der Waals surface area contributed by atoms with Gasteiger partial charge in [0.25, 0.3) is 0 Å². The van der Waals surface area contributed by atoms with E-state index in [-0.39, 0.29) is 24.1 Å².